The molecule has 0 saturated heterocycles. The highest BCUT2D eigenvalue weighted by atomic mass is 32.2. The van der Waals surface area contributed by atoms with Crippen molar-refractivity contribution in [2.45, 2.75) is 38.5 Å². The van der Waals surface area contributed by atoms with Gasteiger partial charge in [0.05, 0.1) is 25.4 Å². The second-order valence-corrected chi connectivity index (χ2v) is 3.96. The molecule has 6 heteroatoms. The van der Waals surface area contributed by atoms with Crippen molar-refractivity contribution >= 4 is 11.4 Å². The highest BCUT2D eigenvalue weighted by molar-refractivity contribution is 7.75. The van der Waals surface area contributed by atoms with Crippen molar-refractivity contribution in [3.63, 3.8) is 0 Å². The van der Waals surface area contributed by atoms with Crippen molar-refractivity contribution in [2.24, 2.45) is 0 Å². The lowest BCUT2D eigenvalue weighted by atomic mass is 10.3. The summed E-state index contributed by atoms with van der Waals surface area (Å²) in [6, 6.07) is 4.04. The van der Waals surface area contributed by atoms with Gasteiger partial charge in [-0.2, -0.15) is 14.7 Å². The number of hydrogen-bond acceptors (Lipinski definition) is 5. The zero-order valence-corrected chi connectivity index (χ0v) is 10.0. The van der Waals surface area contributed by atoms with Gasteiger partial charge in [-0.05, 0) is 25.7 Å². The van der Waals surface area contributed by atoms with Crippen LogP contribution < -0.4 is 0 Å². The Hall–Kier alpha value is -0.950. The minimum absolute atomic E-state index is 0.340. The monoisotopic (exact) mass is 244 g/mol. The van der Waals surface area contributed by atoms with Crippen molar-refractivity contribution in [3.05, 3.63) is 0 Å². The fourth-order valence-corrected chi connectivity index (χ4v) is 1.48. The van der Waals surface area contributed by atoms with E-state index in [2.05, 4.69) is 0 Å². The maximum Gasteiger partial charge on any atom is 0.304 e. The highest BCUT2D eigenvalue weighted by Gasteiger charge is 2.00. The molecule has 0 rings (SSSR count). The molecule has 0 unspecified atom stereocenters. The van der Waals surface area contributed by atoms with E-state index in [1.807, 2.05) is 12.1 Å². The third kappa shape index (κ3) is 11.1. The van der Waals surface area contributed by atoms with Gasteiger partial charge in [-0.3, -0.25) is 8.37 Å². The van der Waals surface area contributed by atoms with Crippen molar-refractivity contribution in [2.75, 3.05) is 13.2 Å². The number of nitriles is 2. The lowest BCUT2D eigenvalue weighted by Gasteiger charge is -2.02. The largest absolute Gasteiger partial charge is 0.304 e. The maximum atomic E-state index is 11.0. The predicted octanol–water partition coefficient (Wildman–Crippen LogP) is 1.99. The van der Waals surface area contributed by atoms with Crippen LogP contribution in [0, 0.1) is 22.7 Å². The molecule has 0 aromatic heterocycles. The van der Waals surface area contributed by atoms with E-state index in [9.17, 15) is 4.21 Å². The van der Waals surface area contributed by atoms with Crippen LogP contribution in [-0.4, -0.2) is 17.4 Å². The summed E-state index contributed by atoms with van der Waals surface area (Å²) in [5.41, 5.74) is 0. The Bertz CT molecular complexity index is 244. The summed E-state index contributed by atoms with van der Waals surface area (Å²) in [5, 5.41) is 16.5. The Morgan fingerprint density at radius 1 is 0.875 bits per heavy atom. The smallest absolute Gasteiger partial charge is 0.268 e. The van der Waals surface area contributed by atoms with E-state index in [4.69, 9.17) is 18.9 Å². The van der Waals surface area contributed by atoms with E-state index in [1.165, 1.54) is 0 Å². The summed E-state index contributed by atoms with van der Waals surface area (Å²) < 4.78 is 20.8. The number of unbranched alkanes of at least 4 members (excludes halogenated alkanes) is 4. The molecular weight excluding hydrogens is 228 g/mol. The van der Waals surface area contributed by atoms with E-state index >= 15 is 0 Å². The van der Waals surface area contributed by atoms with Gasteiger partial charge >= 0.3 is 11.4 Å². The molecular formula is C10H16N2O3S. The Morgan fingerprint density at radius 3 is 1.69 bits per heavy atom. The molecule has 0 aliphatic carbocycles. The first-order valence-electron chi connectivity index (χ1n) is 5.23. The molecule has 0 amide bonds. The van der Waals surface area contributed by atoms with Crippen LogP contribution in [0.5, 0.6) is 0 Å². The molecule has 5 nitrogen and oxygen atoms in total. The van der Waals surface area contributed by atoms with Crippen molar-refractivity contribution in [1.29, 1.82) is 10.5 Å². The summed E-state index contributed by atoms with van der Waals surface area (Å²) in [5.74, 6) is 0. The van der Waals surface area contributed by atoms with Crippen LogP contribution in [0.25, 0.3) is 0 Å². The van der Waals surface area contributed by atoms with Crippen LogP contribution in [-0.2, 0) is 19.7 Å². The molecule has 0 saturated carbocycles. The molecule has 0 aliphatic rings. The first-order chi connectivity index (χ1) is 7.81. The van der Waals surface area contributed by atoms with Crippen LogP contribution in [0.4, 0.5) is 0 Å². The minimum atomic E-state index is -1.70. The van der Waals surface area contributed by atoms with Gasteiger partial charge in [-0.15, -0.1) is 0 Å². The summed E-state index contributed by atoms with van der Waals surface area (Å²) in [6.07, 6.45) is 3.88. The Balaban J connectivity index is 3.19. The molecule has 0 heterocycles. The summed E-state index contributed by atoms with van der Waals surface area (Å²) >= 11 is -1.70. The average molecular weight is 244 g/mol. The van der Waals surface area contributed by atoms with E-state index in [0.717, 1.165) is 12.8 Å². The van der Waals surface area contributed by atoms with Gasteiger partial charge in [-0.1, -0.05) is 0 Å². The maximum absolute atomic E-state index is 11.0. The minimum Gasteiger partial charge on any atom is -0.268 e. The molecule has 0 atom stereocenters. The normalized spacial score (nSPS) is 9.94. The molecule has 0 aromatic rings. The van der Waals surface area contributed by atoms with Crippen molar-refractivity contribution in [3.8, 4) is 12.1 Å². The fourth-order valence-electron chi connectivity index (χ4n) is 0.900. The predicted molar refractivity (Wildman–Crippen MR) is 59.0 cm³/mol. The first kappa shape index (κ1) is 15.0. The van der Waals surface area contributed by atoms with Crippen molar-refractivity contribution in [1.82, 2.24) is 0 Å². The van der Waals surface area contributed by atoms with Crippen LogP contribution >= 0.6 is 0 Å². The fraction of sp³-hybridized carbons (Fsp3) is 0.800. The average Bonchev–Trinajstić information content (AvgIpc) is 2.28. The molecule has 90 valence electrons. The number of nitrogens with zero attached hydrogens (tertiary/aromatic N) is 2. The molecule has 0 N–H and O–H groups in total. The van der Waals surface area contributed by atoms with Gasteiger partial charge < -0.3 is 0 Å². The summed E-state index contributed by atoms with van der Waals surface area (Å²) in [4.78, 5) is 0. The Morgan fingerprint density at radius 2 is 1.31 bits per heavy atom. The summed E-state index contributed by atoms with van der Waals surface area (Å²) in [7, 11) is 0. The van der Waals surface area contributed by atoms with E-state index in [0.29, 0.717) is 38.9 Å². The van der Waals surface area contributed by atoms with Crippen LogP contribution in [0.3, 0.4) is 0 Å². The van der Waals surface area contributed by atoms with Gasteiger partial charge in [0.1, 0.15) is 0 Å². The van der Waals surface area contributed by atoms with E-state index < -0.39 is 11.4 Å². The molecule has 16 heavy (non-hydrogen) atoms. The molecule has 0 spiro atoms. The quantitative estimate of drug-likeness (QED) is 0.549. The Kier molecular flexibility index (Phi) is 11.4. The topological polar surface area (TPSA) is 83.1 Å². The highest BCUT2D eigenvalue weighted by Crippen LogP contribution is 2.00. The Labute approximate surface area is 98.8 Å². The van der Waals surface area contributed by atoms with Crippen molar-refractivity contribution < 1.29 is 12.6 Å². The second-order valence-electron chi connectivity index (χ2n) is 3.08. The standard InChI is InChI=1S/C10H16N2O3S/c11-7-3-1-5-9-14-16(13)15-10-6-2-4-8-12/h1-6,9-10H2. The first-order valence-corrected chi connectivity index (χ1v) is 6.23. The third-order valence-corrected chi connectivity index (χ3v) is 2.44. The SMILES string of the molecule is N#CCCCCOS(=O)OCCCCC#N. The molecule has 0 aromatic carbocycles. The third-order valence-electron chi connectivity index (χ3n) is 1.72. The molecule has 0 aliphatic heterocycles. The lowest BCUT2D eigenvalue weighted by Crippen LogP contribution is -2.04. The van der Waals surface area contributed by atoms with Gasteiger partial charge in [0.2, 0.25) is 0 Å². The lowest BCUT2D eigenvalue weighted by molar-refractivity contribution is 0.242. The van der Waals surface area contributed by atoms with Crippen LogP contribution in [0.2, 0.25) is 0 Å². The molecule has 0 radical (unpaired) electrons. The van der Waals surface area contributed by atoms with Gasteiger partial charge in [-0.25, -0.2) is 0 Å². The number of rotatable bonds is 10. The zero-order chi connectivity index (χ0) is 12.1. The number of hydrogen-bond donors (Lipinski definition) is 0. The molecule has 0 fully saturated rings. The van der Waals surface area contributed by atoms with Gasteiger partial charge in [0, 0.05) is 12.8 Å². The van der Waals surface area contributed by atoms with Gasteiger partial charge in [0.25, 0.3) is 0 Å². The van der Waals surface area contributed by atoms with Gasteiger partial charge in [0.15, 0.2) is 0 Å². The zero-order valence-electron chi connectivity index (χ0n) is 9.18. The second kappa shape index (κ2) is 12.1. The van der Waals surface area contributed by atoms with Crippen LogP contribution in [0.15, 0.2) is 0 Å². The van der Waals surface area contributed by atoms with Crippen LogP contribution in [0.1, 0.15) is 38.5 Å². The molecule has 0 bridgehead atoms. The summed E-state index contributed by atoms with van der Waals surface area (Å²) in [6.45, 7) is 0.680. The van der Waals surface area contributed by atoms with E-state index in [1.54, 1.807) is 0 Å². The van der Waals surface area contributed by atoms with E-state index in [-0.39, 0.29) is 0 Å².